The molecule has 0 unspecified atom stereocenters. The van der Waals surface area contributed by atoms with Crippen molar-refractivity contribution in [3.8, 4) is 5.40 Å². The van der Waals surface area contributed by atoms with Crippen molar-refractivity contribution in [2.75, 3.05) is 0 Å². The van der Waals surface area contributed by atoms with Crippen LogP contribution in [-0.2, 0) is 6.42 Å². The van der Waals surface area contributed by atoms with Gasteiger partial charge in [-0.3, -0.25) is 4.79 Å². The minimum atomic E-state index is 0.0587. The molecule has 2 nitrogen and oxygen atoms in total. The summed E-state index contributed by atoms with van der Waals surface area (Å²) < 4.78 is 0. The Morgan fingerprint density at radius 2 is 2.21 bits per heavy atom. The summed E-state index contributed by atoms with van der Waals surface area (Å²) in [6, 6.07) is 7.56. The molecule has 0 heterocycles. The maximum atomic E-state index is 11.7. The molecule has 0 radical (unpaired) electrons. The highest BCUT2D eigenvalue weighted by Crippen LogP contribution is 2.27. The molecule has 0 aromatic heterocycles. The Labute approximate surface area is 86.2 Å². The molecule has 0 bridgehead atoms. The predicted molar refractivity (Wildman–Crippen MR) is 55.8 cm³/mol. The van der Waals surface area contributed by atoms with Crippen molar-refractivity contribution >= 4 is 17.5 Å². The molecule has 0 spiro atoms. The number of thioether (sulfide) groups is 1. The molecule has 14 heavy (non-hydrogen) atoms. The zero-order chi connectivity index (χ0) is 9.97. The average molecular weight is 201 g/mol. The fourth-order valence-electron chi connectivity index (χ4n) is 1.55. The van der Waals surface area contributed by atoms with Gasteiger partial charge in [0.1, 0.15) is 5.40 Å². The summed E-state index contributed by atoms with van der Waals surface area (Å²) >= 11 is 1.00. The maximum Gasteiger partial charge on any atom is 0.190 e. The average Bonchev–Trinajstić information content (AvgIpc) is 2.54. The first-order valence-electron chi connectivity index (χ1n) is 4.19. The van der Waals surface area contributed by atoms with Crippen LogP contribution in [0.3, 0.4) is 0 Å². The van der Waals surface area contributed by atoms with Gasteiger partial charge < -0.3 is 0 Å². The number of carbonyl (C=O) groups is 1. The highest BCUT2D eigenvalue weighted by atomic mass is 32.2. The molecule has 3 heteroatoms. The molecule has 1 aliphatic rings. The third-order valence-corrected chi connectivity index (χ3v) is 2.70. The lowest BCUT2D eigenvalue weighted by molar-refractivity contribution is 0.104. The van der Waals surface area contributed by atoms with Crippen LogP contribution in [-0.4, -0.2) is 5.78 Å². The molecule has 0 aliphatic heterocycles. The quantitative estimate of drug-likeness (QED) is 0.518. The minimum absolute atomic E-state index is 0.0587. The highest BCUT2D eigenvalue weighted by Gasteiger charge is 2.23. The number of ketones is 1. The van der Waals surface area contributed by atoms with Crippen LogP contribution in [0, 0.1) is 10.7 Å². The lowest BCUT2D eigenvalue weighted by Gasteiger charge is -1.91. The van der Waals surface area contributed by atoms with Gasteiger partial charge in [-0.25, -0.2) is 0 Å². The minimum Gasteiger partial charge on any atom is -0.289 e. The van der Waals surface area contributed by atoms with E-state index in [0.29, 0.717) is 6.42 Å². The number of fused-ring (bicyclic) bond motifs is 1. The summed E-state index contributed by atoms with van der Waals surface area (Å²) in [6.07, 6.45) is 0.656. The van der Waals surface area contributed by atoms with Gasteiger partial charge >= 0.3 is 0 Å². The van der Waals surface area contributed by atoms with E-state index in [1.807, 2.05) is 29.7 Å². The van der Waals surface area contributed by atoms with E-state index in [9.17, 15) is 4.79 Å². The smallest absolute Gasteiger partial charge is 0.190 e. The normalized spacial score (nSPS) is 16.8. The molecule has 0 amide bonds. The van der Waals surface area contributed by atoms with Gasteiger partial charge in [-0.05, 0) is 22.7 Å². The molecule has 0 atom stereocenters. The summed E-state index contributed by atoms with van der Waals surface area (Å²) in [7, 11) is 0. The van der Waals surface area contributed by atoms with E-state index in [-0.39, 0.29) is 5.78 Å². The van der Waals surface area contributed by atoms with Crippen LogP contribution in [0.5, 0.6) is 0 Å². The number of nitrogens with zero attached hydrogens (tertiary/aromatic N) is 1. The van der Waals surface area contributed by atoms with E-state index in [4.69, 9.17) is 5.26 Å². The molecular formula is C11H7NOS. The van der Waals surface area contributed by atoms with Gasteiger partial charge in [0.05, 0.1) is 0 Å². The van der Waals surface area contributed by atoms with Gasteiger partial charge in [0, 0.05) is 17.6 Å². The number of hydrogen-bond donors (Lipinski definition) is 0. The van der Waals surface area contributed by atoms with Gasteiger partial charge in [0.25, 0.3) is 0 Å². The van der Waals surface area contributed by atoms with Gasteiger partial charge in [0.15, 0.2) is 5.78 Å². The number of Topliss-reactive ketones (excluding diaryl/α,β-unsaturated/α-hetero) is 1. The van der Waals surface area contributed by atoms with Crippen LogP contribution in [0.4, 0.5) is 0 Å². The Kier molecular flexibility index (Phi) is 2.38. The summed E-state index contributed by atoms with van der Waals surface area (Å²) in [5.74, 6) is 0.0587. The second kappa shape index (κ2) is 3.69. The molecule has 0 saturated carbocycles. The van der Waals surface area contributed by atoms with Crippen molar-refractivity contribution in [2.24, 2.45) is 0 Å². The van der Waals surface area contributed by atoms with Crippen LogP contribution in [0.25, 0.3) is 0 Å². The van der Waals surface area contributed by atoms with E-state index in [0.717, 1.165) is 28.5 Å². The molecule has 1 aromatic carbocycles. The van der Waals surface area contributed by atoms with E-state index in [1.54, 1.807) is 5.41 Å². The van der Waals surface area contributed by atoms with Crippen molar-refractivity contribution in [1.82, 2.24) is 0 Å². The monoisotopic (exact) mass is 201 g/mol. The molecule has 0 fully saturated rings. The lowest BCUT2D eigenvalue weighted by Crippen LogP contribution is -1.93. The zero-order valence-corrected chi connectivity index (χ0v) is 8.17. The summed E-state index contributed by atoms with van der Waals surface area (Å²) in [5, 5.41) is 12.0. The summed E-state index contributed by atoms with van der Waals surface area (Å²) in [5.41, 5.74) is 2.55. The third-order valence-electron chi connectivity index (χ3n) is 2.19. The van der Waals surface area contributed by atoms with E-state index < -0.39 is 0 Å². The van der Waals surface area contributed by atoms with Gasteiger partial charge in [-0.2, -0.15) is 5.26 Å². The Morgan fingerprint density at radius 3 is 2.93 bits per heavy atom. The molecule has 0 N–H and O–H groups in total. The van der Waals surface area contributed by atoms with Crippen LogP contribution < -0.4 is 0 Å². The lowest BCUT2D eigenvalue weighted by atomic mass is 10.1. The number of carbonyl (C=O) groups excluding carboxylic acids is 1. The fraction of sp³-hybridized carbons (Fsp3) is 0.0909. The molecule has 1 aliphatic carbocycles. The van der Waals surface area contributed by atoms with Crippen LogP contribution in [0.15, 0.2) is 35.2 Å². The number of benzene rings is 1. The fourth-order valence-corrected chi connectivity index (χ4v) is 1.93. The number of allylic oxidation sites excluding steroid dienone is 1. The van der Waals surface area contributed by atoms with Crippen LogP contribution >= 0.6 is 11.8 Å². The summed E-state index contributed by atoms with van der Waals surface area (Å²) in [4.78, 5) is 11.7. The first kappa shape index (κ1) is 9.04. The molecule has 1 aromatic rings. The molecular weight excluding hydrogens is 194 g/mol. The first-order valence-corrected chi connectivity index (χ1v) is 5.07. The Balaban J connectivity index is 2.36. The van der Waals surface area contributed by atoms with E-state index in [2.05, 4.69) is 0 Å². The Bertz CT molecular complexity index is 457. The van der Waals surface area contributed by atoms with Crippen molar-refractivity contribution in [2.45, 2.75) is 6.42 Å². The van der Waals surface area contributed by atoms with Crippen molar-refractivity contribution in [3.63, 3.8) is 0 Å². The van der Waals surface area contributed by atoms with Crippen LogP contribution in [0.2, 0.25) is 0 Å². The highest BCUT2D eigenvalue weighted by molar-refractivity contribution is 8.06. The van der Waals surface area contributed by atoms with Crippen molar-refractivity contribution < 1.29 is 4.79 Å². The first-order chi connectivity index (χ1) is 6.83. The number of nitriles is 1. The maximum absolute atomic E-state index is 11.7. The van der Waals surface area contributed by atoms with Gasteiger partial charge in [-0.15, -0.1) is 0 Å². The van der Waals surface area contributed by atoms with E-state index in [1.165, 1.54) is 0 Å². The Hall–Kier alpha value is -1.53. The molecule has 68 valence electrons. The van der Waals surface area contributed by atoms with Gasteiger partial charge in [0.2, 0.25) is 0 Å². The van der Waals surface area contributed by atoms with Crippen LogP contribution in [0.1, 0.15) is 15.9 Å². The SMILES string of the molecule is N#CS/C=C1\Cc2ccccc2C1=O. The number of thiocyanates is 1. The Morgan fingerprint density at radius 1 is 1.43 bits per heavy atom. The number of rotatable bonds is 1. The van der Waals surface area contributed by atoms with Gasteiger partial charge in [-0.1, -0.05) is 24.3 Å². The zero-order valence-electron chi connectivity index (χ0n) is 7.36. The van der Waals surface area contributed by atoms with E-state index >= 15 is 0 Å². The number of hydrogen-bond acceptors (Lipinski definition) is 3. The second-order valence-electron chi connectivity index (χ2n) is 3.02. The molecule has 0 saturated heterocycles. The largest absolute Gasteiger partial charge is 0.289 e. The second-order valence-corrected chi connectivity index (χ2v) is 3.67. The van der Waals surface area contributed by atoms with Crippen molar-refractivity contribution in [3.05, 3.63) is 46.4 Å². The third kappa shape index (κ3) is 1.45. The molecule has 2 rings (SSSR count). The predicted octanol–water partition coefficient (Wildman–Crippen LogP) is 2.52. The topological polar surface area (TPSA) is 40.9 Å². The standard InChI is InChI=1S/C11H7NOS/c12-7-14-6-9-5-8-3-1-2-4-10(8)11(9)13/h1-4,6H,5H2/b9-6+. The summed E-state index contributed by atoms with van der Waals surface area (Å²) in [6.45, 7) is 0. The van der Waals surface area contributed by atoms with Crippen molar-refractivity contribution in [1.29, 1.82) is 5.26 Å².